The topological polar surface area (TPSA) is 21.3 Å². The number of benzene rings is 1. The van der Waals surface area contributed by atoms with Crippen LogP contribution in [-0.2, 0) is 0 Å². The van der Waals surface area contributed by atoms with E-state index in [0.717, 1.165) is 25.4 Å². The summed E-state index contributed by atoms with van der Waals surface area (Å²) in [5.41, 5.74) is 3.95. The Hall–Kier alpha value is -1.02. The van der Waals surface area contributed by atoms with Crippen molar-refractivity contribution in [2.45, 2.75) is 48.5 Å². The van der Waals surface area contributed by atoms with E-state index >= 15 is 0 Å². The van der Waals surface area contributed by atoms with E-state index in [1.54, 1.807) is 0 Å². The molecule has 114 valence electrons. The molecule has 1 rings (SSSR count). The van der Waals surface area contributed by atoms with Gasteiger partial charge in [-0.1, -0.05) is 33.8 Å². The van der Waals surface area contributed by atoms with Crippen molar-refractivity contribution in [1.82, 2.24) is 5.32 Å². The molecule has 1 aromatic carbocycles. The first-order valence-electron chi connectivity index (χ1n) is 7.62. The second kappa shape index (κ2) is 7.12. The van der Waals surface area contributed by atoms with Gasteiger partial charge in [-0.3, -0.25) is 0 Å². The van der Waals surface area contributed by atoms with Crippen LogP contribution in [0.2, 0.25) is 0 Å². The van der Waals surface area contributed by atoms with Crippen LogP contribution in [0, 0.1) is 32.1 Å². The Labute approximate surface area is 124 Å². The van der Waals surface area contributed by atoms with Crippen LogP contribution in [0.3, 0.4) is 0 Å². The van der Waals surface area contributed by atoms with Crippen LogP contribution in [0.25, 0.3) is 0 Å². The molecule has 0 unspecified atom stereocenters. The van der Waals surface area contributed by atoms with Crippen LogP contribution in [0.15, 0.2) is 12.1 Å². The minimum absolute atomic E-state index is 0.138. The number of ether oxygens (including phenoxy) is 1. The summed E-state index contributed by atoms with van der Waals surface area (Å²) in [4.78, 5) is 0. The Bertz CT molecular complexity index is 435. The number of rotatable bonds is 7. The molecule has 0 aliphatic rings. The first-order chi connectivity index (χ1) is 9.21. The average molecular weight is 277 g/mol. The van der Waals surface area contributed by atoms with Crippen LogP contribution in [0.4, 0.5) is 0 Å². The maximum atomic E-state index is 6.08. The molecule has 0 aliphatic heterocycles. The van der Waals surface area contributed by atoms with E-state index in [4.69, 9.17) is 4.74 Å². The minimum atomic E-state index is 0.138. The van der Waals surface area contributed by atoms with Gasteiger partial charge in [0, 0.05) is 12.0 Å². The van der Waals surface area contributed by atoms with Crippen LogP contribution in [0.5, 0.6) is 5.75 Å². The molecule has 1 N–H and O–H groups in total. The summed E-state index contributed by atoms with van der Waals surface area (Å²) in [6, 6.07) is 4.34. The molecule has 0 spiro atoms. The van der Waals surface area contributed by atoms with Gasteiger partial charge in [0.15, 0.2) is 0 Å². The second-order valence-electron chi connectivity index (χ2n) is 7.18. The van der Waals surface area contributed by atoms with E-state index in [0.29, 0.717) is 5.92 Å². The highest BCUT2D eigenvalue weighted by Gasteiger charge is 2.19. The van der Waals surface area contributed by atoms with Crippen molar-refractivity contribution >= 4 is 0 Å². The molecule has 0 saturated heterocycles. The monoisotopic (exact) mass is 277 g/mol. The van der Waals surface area contributed by atoms with Crippen molar-refractivity contribution in [2.75, 3.05) is 19.7 Å². The molecule has 0 aromatic heterocycles. The van der Waals surface area contributed by atoms with Crippen molar-refractivity contribution < 1.29 is 4.74 Å². The number of nitrogens with one attached hydrogen (secondary N) is 1. The van der Waals surface area contributed by atoms with Gasteiger partial charge in [0.05, 0.1) is 6.61 Å². The van der Waals surface area contributed by atoms with Gasteiger partial charge < -0.3 is 10.1 Å². The summed E-state index contributed by atoms with van der Waals surface area (Å²) in [7, 11) is 0. The molecule has 0 radical (unpaired) electrons. The number of hydrogen-bond acceptors (Lipinski definition) is 2. The largest absolute Gasteiger partial charge is 0.493 e. The molecule has 0 heterocycles. The van der Waals surface area contributed by atoms with E-state index < -0.39 is 0 Å². The molecule has 0 amide bonds. The van der Waals surface area contributed by atoms with Gasteiger partial charge in [-0.05, 0) is 56.0 Å². The van der Waals surface area contributed by atoms with Crippen molar-refractivity contribution in [2.24, 2.45) is 11.3 Å². The van der Waals surface area contributed by atoms with Gasteiger partial charge >= 0.3 is 0 Å². The summed E-state index contributed by atoms with van der Waals surface area (Å²) >= 11 is 0. The fourth-order valence-electron chi connectivity index (χ4n) is 2.17. The summed E-state index contributed by atoms with van der Waals surface area (Å²) in [6.45, 7) is 18.1. The van der Waals surface area contributed by atoms with Crippen molar-refractivity contribution in [3.8, 4) is 5.75 Å². The van der Waals surface area contributed by atoms with Gasteiger partial charge in [-0.2, -0.15) is 0 Å². The zero-order chi connectivity index (χ0) is 15.3. The molecule has 0 fully saturated rings. The highest BCUT2D eigenvalue weighted by atomic mass is 16.5. The maximum absolute atomic E-state index is 6.08. The van der Waals surface area contributed by atoms with E-state index in [9.17, 15) is 0 Å². The predicted octanol–water partition coefficient (Wildman–Crippen LogP) is 4.26. The number of hydrogen-bond donors (Lipinski definition) is 1. The van der Waals surface area contributed by atoms with E-state index in [-0.39, 0.29) is 5.41 Å². The second-order valence-corrected chi connectivity index (χ2v) is 7.18. The van der Waals surface area contributed by atoms with Crippen LogP contribution in [0.1, 0.15) is 44.4 Å². The van der Waals surface area contributed by atoms with Crippen LogP contribution in [-0.4, -0.2) is 19.7 Å². The first-order valence-corrected chi connectivity index (χ1v) is 7.62. The normalized spacial score (nSPS) is 12.0. The Morgan fingerprint density at radius 1 is 1.15 bits per heavy atom. The van der Waals surface area contributed by atoms with Crippen LogP contribution < -0.4 is 10.1 Å². The van der Waals surface area contributed by atoms with Crippen molar-refractivity contribution in [3.63, 3.8) is 0 Å². The Balaban J connectivity index is 2.57. The Morgan fingerprint density at radius 3 is 2.40 bits per heavy atom. The fourth-order valence-corrected chi connectivity index (χ4v) is 2.17. The lowest BCUT2D eigenvalue weighted by atomic mass is 9.94. The zero-order valence-corrected chi connectivity index (χ0v) is 14.3. The van der Waals surface area contributed by atoms with E-state index in [1.807, 2.05) is 0 Å². The summed E-state index contributed by atoms with van der Waals surface area (Å²) in [5, 5.41) is 3.52. The van der Waals surface area contributed by atoms with Gasteiger partial charge in [-0.25, -0.2) is 0 Å². The molecule has 2 nitrogen and oxygen atoms in total. The van der Waals surface area contributed by atoms with Crippen molar-refractivity contribution in [3.05, 3.63) is 28.8 Å². The Morgan fingerprint density at radius 2 is 1.80 bits per heavy atom. The standard InChI is InChI=1S/C18H31NO/c1-13(2)10-19-11-18(6,7)12-20-17-9-14(3)8-15(4)16(17)5/h8-9,13,19H,10-12H2,1-7H3. The van der Waals surface area contributed by atoms with Gasteiger partial charge in [0.1, 0.15) is 5.75 Å². The van der Waals surface area contributed by atoms with Gasteiger partial charge in [0.2, 0.25) is 0 Å². The average Bonchev–Trinajstić information content (AvgIpc) is 2.31. The maximum Gasteiger partial charge on any atom is 0.122 e. The highest BCUT2D eigenvalue weighted by Crippen LogP contribution is 2.25. The SMILES string of the molecule is Cc1cc(C)c(C)c(OCC(C)(C)CNCC(C)C)c1. The molecule has 2 heteroatoms. The van der Waals surface area contributed by atoms with E-state index in [2.05, 4.69) is 65.9 Å². The predicted molar refractivity (Wildman–Crippen MR) is 87.6 cm³/mol. The lowest BCUT2D eigenvalue weighted by Crippen LogP contribution is -2.36. The first kappa shape index (κ1) is 17.0. The third-order valence-corrected chi connectivity index (χ3v) is 3.54. The zero-order valence-electron chi connectivity index (χ0n) is 14.3. The minimum Gasteiger partial charge on any atom is -0.493 e. The van der Waals surface area contributed by atoms with Crippen LogP contribution >= 0.6 is 0 Å². The quantitative estimate of drug-likeness (QED) is 0.804. The van der Waals surface area contributed by atoms with E-state index in [1.165, 1.54) is 16.7 Å². The molecule has 0 saturated carbocycles. The summed E-state index contributed by atoms with van der Waals surface area (Å²) in [5.74, 6) is 1.72. The van der Waals surface area contributed by atoms with Gasteiger partial charge in [-0.15, -0.1) is 0 Å². The molecule has 0 bridgehead atoms. The summed E-state index contributed by atoms with van der Waals surface area (Å²) < 4.78 is 6.08. The fraction of sp³-hybridized carbons (Fsp3) is 0.667. The third kappa shape index (κ3) is 5.54. The molecule has 1 aromatic rings. The lowest BCUT2D eigenvalue weighted by Gasteiger charge is -2.26. The van der Waals surface area contributed by atoms with Gasteiger partial charge in [0.25, 0.3) is 0 Å². The smallest absolute Gasteiger partial charge is 0.122 e. The molecule has 0 atom stereocenters. The Kier molecular flexibility index (Phi) is 6.07. The summed E-state index contributed by atoms with van der Waals surface area (Å²) in [6.07, 6.45) is 0. The molecular weight excluding hydrogens is 246 g/mol. The molecule has 20 heavy (non-hydrogen) atoms. The molecule has 0 aliphatic carbocycles. The van der Waals surface area contributed by atoms with Crippen molar-refractivity contribution in [1.29, 1.82) is 0 Å². The highest BCUT2D eigenvalue weighted by molar-refractivity contribution is 5.41. The molecular formula is C18H31NO. The lowest BCUT2D eigenvalue weighted by molar-refractivity contribution is 0.174. The number of aryl methyl sites for hydroxylation is 2. The third-order valence-electron chi connectivity index (χ3n) is 3.54.